The van der Waals surface area contributed by atoms with Crippen molar-refractivity contribution in [2.24, 2.45) is 5.73 Å². The average molecular weight is 311 g/mol. The van der Waals surface area contributed by atoms with Gasteiger partial charge in [-0.25, -0.2) is 4.98 Å². The summed E-state index contributed by atoms with van der Waals surface area (Å²) in [7, 11) is 0. The Morgan fingerprint density at radius 1 is 1.20 bits per heavy atom. The van der Waals surface area contributed by atoms with Gasteiger partial charge in [0.2, 0.25) is 0 Å². The van der Waals surface area contributed by atoms with Crippen LogP contribution in [0.1, 0.15) is 5.69 Å². The van der Waals surface area contributed by atoms with Crippen LogP contribution in [0.2, 0.25) is 0 Å². The molecule has 0 aliphatic heterocycles. The number of benzene rings is 1. The molecule has 0 amide bonds. The third kappa shape index (κ3) is 3.88. The van der Waals surface area contributed by atoms with Gasteiger partial charge < -0.3 is 11.1 Å². The number of thiocarbonyl (C=S) groups is 1. The molecule has 7 heteroatoms. The van der Waals surface area contributed by atoms with Gasteiger partial charge in [0.25, 0.3) is 5.76 Å². The maximum atomic E-state index is 12.5. The Hall–Kier alpha value is -1.73. The van der Waals surface area contributed by atoms with Crippen LogP contribution in [-0.4, -0.2) is 15.7 Å². The highest BCUT2D eigenvalue weighted by atomic mass is 32.2. The number of hydrogen-bond acceptors (Lipinski definition) is 4. The summed E-state index contributed by atoms with van der Waals surface area (Å²) in [5.41, 5.74) is 6.55. The standard InChI is InChI=1S/C13H11F2N3S2/c14-13(15)20-10-6-2-1-4-8(10)17-11-7-3-5-9(18-11)12(16)19/h1-7,13H,(H2,16,19)(H,17,18). The number of nitrogens with zero attached hydrogens (tertiary/aromatic N) is 1. The number of rotatable bonds is 5. The molecule has 0 saturated carbocycles. The maximum absolute atomic E-state index is 12.5. The highest BCUT2D eigenvalue weighted by Gasteiger charge is 2.10. The van der Waals surface area contributed by atoms with E-state index < -0.39 is 5.76 Å². The van der Waals surface area contributed by atoms with Crippen LogP contribution in [0.4, 0.5) is 20.3 Å². The van der Waals surface area contributed by atoms with Crippen LogP contribution in [0.15, 0.2) is 47.4 Å². The molecule has 1 heterocycles. The van der Waals surface area contributed by atoms with Gasteiger partial charge in [-0.05, 0) is 24.3 Å². The number of para-hydroxylation sites is 1. The van der Waals surface area contributed by atoms with Gasteiger partial charge in [0.05, 0.1) is 11.4 Å². The number of nitrogens with one attached hydrogen (secondary N) is 1. The van der Waals surface area contributed by atoms with Gasteiger partial charge in [-0.3, -0.25) is 0 Å². The molecule has 0 aliphatic rings. The van der Waals surface area contributed by atoms with Crippen LogP contribution in [0, 0.1) is 0 Å². The Morgan fingerprint density at radius 2 is 1.95 bits per heavy atom. The first-order chi connectivity index (χ1) is 9.56. The largest absolute Gasteiger partial charge is 0.388 e. The van der Waals surface area contributed by atoms with Gasteiger partial charge in [0, 0.05) is 4.90 Å². The number of aromatic nitrogens is 1. The Kier molecular flexibility index (Phi) is 4.86. The molecule has 2 rings (SSSR count). The summed E-state index contributed by atoms with van der Waals surface area (Å²) in [6, 6.07) is 11.9. The predicted octanol–water partition coefficient (Wildman–Crippen LogP) is 3.77. The van der Waals surface area contributed by atoms with Crippen molar-refractivity contribution in [2.75, 3.05) is 5.32 Å². The van der Waals surface area contributed by atoms with Crippen molar-refractivity contribution in [2.45, 2.75) is 10.7 Å². The van der Waals surface area contributed by atoms with E-state index in [9.17, 15) is 8.78 Å². The molecule has 0 bridgehead atoms. The van der Waals surface area contributed by atoms with Crippen LogP contribution in [0.3, 0.4) is 0 Å². The predicted molar refractivity (Wildman–Crippen MR) is 81.7 cm³/mol. The Balaban J connectivity index is 2.25. The fourth-order valence-corrected chi connectivity index (χ4v) is 2.26. The van der Waals surface area contributed by atoms with Crippen molar-refractivity contribution in [1.29, 1.82) is 0 Å². The molecule has 104 valence electrons. The quantitative estimate of drug-likeness (QED) is 0.650. The molecule has 2 aromatic rings. The minimum Gasteiger partial charge on any atom is -0.388 e. The van der Waals surface area contributed by atoms with Crippen molar-refractivity contribution < 1.29 is 8.78 Å². The Bertz CT molecular complexity index is 620. The van der Waals surface area contributed by atoms with Crippen molar-refractivity contribution >= 4 is 40.5 Å². The van der Waals surface area contributed by atoms with Crippen molar-refractivity contribution in [1.82, 2.24) is 4.98 Å². The SMILES string of the molecule is NC(=S)c1cccc(Nc2ccccc2SC(F)F)n1. The highest BCUT2D eigenvalue weighted by Crippen LogP contribution is 2.32. The summed E-state index contributed by atoms with van der Waals surface area (Å²) in [4.78, 5) is 4.85. The topological polar surface area (TPSA) is 50.9 Å². The second-order valence-electron chi connectivity index (χ2n) is 3.77. The molecule has 0 spiro atoms. The van der Waals surface area contributed by atoms with Gasteiger partial charge in [-0.2, -0.15) is 8.78 Å². The monoisotopic (exact) mass is 311 g/mol. The number of pyridine rings is 1. The lowest BCUT2D eigenvalue weighted by atomic mass is 10.3. The van der Waals surface area contributed by atoms with Crippen molar-refractivity contribution in [3.05, 3.63) is 48.2 Å². The number of alkyl halides is 2. The van der Waals surface area contributed by atoms with E-state index in [0.717, 1.165) is 0 Å². The molecule has 0 atom stereocenters. The molecule has 0 aliphatic carbocycles. The fourth-order valence-electron chi connectivity index (χ4n) is 1.55. The van der Waals surface area contributed by atoms with Crippen LogP contribution in [-0.2, 0) is 0 Å². The molecule has 0 fully saturated rings. The van der Waals surface area contributed by atoms with E-state index in [-0.39, 0.29) is 4.99 Å². The number of nitrogens with two attached hydrogens (primary N) is 1. The third-order valence-corrected chi connectivity index (χ3v) is 3.36. The lowest BCUT2D eigenvalue weighted by molar-refractivity contribution is 0.252. The normalized spacial score (nSPS) is 10.6. The minimum absolute atomic E-state index is 0.184. The number of thioether (sulfide) groups is 1. The van der Waals surface area contributed by atoms with Crippen molar-refractivity contribution in [3.8, 4) is 0 Å². The minimum atomic E-state index is -2.48. The molecule has 1 aromatic heterocycles. The maximum Gasteiger partial charge on any atom is 0.288 e. The molecule has 0 saturated heterocycles. The van der Waals surface area contributed by atoms with Crippen molar-refractivity contribution in [3.63, 3.8) is 0 Å². The Labute approximate surface area is 124 Å². The second kappa shape index (κ2) is 6.62. The first kappa shape index (κ1) is 14.7. The van der Waals surface area contributed by atoms with E-state index in [1.165, 1.54) is 0 Å². The molecule has 1 aromatic carbocycles. The van der Waals surface area contributed by atoms with E-state index in [1.54, 1.807) is 42.5 Å². The first-order valence-corrected chi connectivity index (χ1v) is 6.93. The van der Waals surface area contributed by atoms with Crippen LogP contribution in [0.25, 0.3) is 0 Å². The summed E-state index contributed by atoms with van der Waals surface area (Å²) >= 11 is 5.33. The Morgan fingerprint density at radius 3 is 2.65 bits per heavy atom. The molecule has 3 N–H and O–H groups in total. The van der Waals surface area contributed by atoms with Gasteiger partial charge in [-0.1, -0.05) is 42.2 Å². The highest BCUT2D eigenvalue weighted by molar-refractivity contribution is 7.99. The summed E-state index contributed by atoms with van der Waals surface area (Å²) in [6.45, 7) is 0. The molecule has 3 nitrogen and oxygen atoms in total. The summed E-state index contributed by atoms with van der Waals surface area (Å²) in [6.07, 6.45) is 0. The van der Waals surface area contributed by atoms with E-state index >= 15 is 0 Å². The average Bonchev–Trinajstić information content (AvgIpc) is 2.41. The zero-order chi connectivity index (χ0) is 14.5. The summed E-state index contributed by atoms with van der Waals surface area (Å²) in [5, 5.41) is 2.99. The lowest BCUT2D eigenvalue weighted by Crippen LogP contribution is -2.12. The van der Waals surface area contributed by atoms with E-state index in [1.807, 2.05) is 0 Å². The number of halogens is 2. The molecule has 20 heavy (non-hydrogen) atoms. The lowest BCUT2D eigenvalue weighted by Gasteiger charge is -2.11. The van der Waals surface area contributed by atoms with Gasteiger partial charge >= 0.3 is 0 Å². The summed E-state index contributed by atoms with van der Waals surface area (Å²) < 4.78 is 25.0. The molecule has 0 radical (unpaired) electrons. The van der Waals surface area contributed by atoms with E-state index in [2.05, 4.69) is 10.3 Å². The first-order valence-electron chi connectivity index (χ1n) is 5.64. The van der Waals surface area contributed by atoms with E-state index in [4.69, 9.17) is 18.0 Å². The van der Waals surface area contributed by atoms with Gasteiger partial charge in [-0.15, -0.1) is 0 Å². The fraction of sp³-hybridized carbons (Fsp3) is 0.0769. The van der Waals surface area contributed by atoms with Crippen LogP contribution in [0.5, 0.6) is 0 Å². The third-order valence-electron chi connectivity index (χ3n) is 2.37. The second-order valence-corrected chi connectivity index (χ2v) is 5.24. The smallest absolute Gasteiger partial charge is 0.288 e. The molecular formula is C13H11F2N3S2. The van der Waals surface area contributed by atoms with Gasteiger partial charge in [0.15, 0.2) is 0 Å². The molecule has 0 unspecified atom stereocenters. The van der Waals surface area contributed by atoms with Crippen LogP contribution < -0.4 is 11.1 Å². The molecular weight excluding hydrogens is 300 g/mol. The summed E-state index contributed by atoms with van der Waals surface area (Å²) in [5.74, 6) is -1.98. The van der Waals surface area contributed by atoms with E-state index in [0.29, 0.717) is 33.9 Å². The van der Waals surface area contributed by atoms with Crippen LogP contribution >= 0.6 is 24.0 Å². The zero-order valence-corrected chi connectivity index (χ0v) is 11.8. The number of anilines is 2. The zero-order valence-electron chi connectivity index (χ0n) is 10.2. The van der Waals surface area contributed by atoms with Gasteiger partial charge in [0.1, 0.15) is 10.8 Å². The number of hydrogen-bond donors (Lipinski definition) is 2.